The summed E-state index contributed by atoms with van der Waals surface area (Å²) in [4.78, 5) is 8.17. The molecule has 0 unspecified atom stereocenters. The molecule has 106 valence electrons. The molecular weight excluding hydrogens is 369 g/mol. The van der Waals surface area contributed by atoms with Crippen molar-refractivity contribution >= 4 is 44.9 Å². The molecule has 0 aliphatic rings. The van der Waals surface area contributed by atoms with E-state index >= 15 is 0 Å². The maximum Gasteiger partial charge on any atom is 0.224 e. The topological polar surface area (TPSA) is 70.3 Å². The maximum absolute atomic E-state index is 6.08. The molecule has 0 amide bonds. The largest absolute Gasteiger partial charge is 0.437 e. The summed E-state index contributed by atoms with van der Waals surface area (Å²) in [5.74, 6) is 1.34. The fraction of sp³-hybridized carbons (Fsp3) is 0.167. The normalized spacial score (nSPS) is 10.6. The highest BCUT2D eigenvalue weighted by Crippen LogP contribution is 2.36. The minimum atomic E-state index is 0.232. The van der Waals surface area contributed by atoms with Crippen molar-refractivity contribution in [3.63, 3.8) is 0 Å². The number of aromatic nitrogens is 2. The number of halogens is 3. The van der Waals surface area contributed by atoms with Crippen molar-refractivity contribution in [1.29, 1.82) is 0 Å². The quantitative estimate of drug-likeness (QED) is 0.812. The van der Waals surface area contributed by atoms with Crippen molar-refractivity contribution in [2.75, 3.05) is 12.8 Å². The van der Waals surface area contributed by atoms with Crippen LogP contribution in [0.4, 0.5) is 5.82 Å². The summed E-state index contributed by atoms with van der Waals surface area (Å²) in [6.45, 7) is 0.232. The molecule has 1 heterocycles. The first-order chi connectivity index (χ1) is 9.49. The number of hydrogen-bond donors (Lipinski definition) is 1. The number of ether oxygens (including phenoxy) is 2. The molecule has 0 saturated carbocycles. The predicted octanol–water partition coefficient (Wildman–Crippen LogP) is 4.07. The summed E-state index contributed by atoms with van der Waals surface area (Å²) in [6, 6.07) is 4.72. The van der Waals surface area contributed by atoms with E-state index in [0.29, 0.717) is 26.1 Å². The van der Waals surface area contributed by atoms with Gasteiger partial charge in [0.1, 0.15) is 18.2 Å². The first-order valence-electron chi connectivity index (χ1n) is 5.44. The lowest BCUT2D eigenvalue weighted by atomic mass is 10.3. The molecule has 0 fully saturated rings. The van der Waals surface area contributed by atoms with Crippen molar-refractivity contribution in [2.24, 2.45) is 0 Å². The third-order valence-electron chi connectivity index (χ3n) is 2.23. The van der Waals surface area contributed by atoms with E-state index < -0.39 is 0 Å². The van der Waals surface area contributed by atoms with Gasteiger partial charge >= 0.3 is 0 Å². The maximum atomic E-state index is 6.08. The number of methoxy groups -OCH3 is 1. The van der Waals surface area contributed by atoms with Crippen LogP contribution >= 0.6 is 39.1 Å². The summed E-state index contributed by atoms with van der Waals surface area (Å²) in [5, 5.41) is 0.871. The lowest BCUT2D eigenvalue weighted by Crippen LogP contribution is -2.02. The van der Waals surface area contributed by atoms with Gasteiger partial charge in [0.15, 0.2) is 5.82 Å². The van der Waals surface area contributed by atoms with Crippen molar-refractivity contribution in [2.45, 2.75) is 6.61 Å². The van der Waals surface area contributed by atoms with Crippen LogP contribution in [0.5, 0.6) is 11.6 Å². The summed E-state index contributed by atoms with van der Waals surface area (Å²) < 4.78 is 11.2. The number of nitrogens with zero attached hydrogens (tertiary/aromatic N) is 2. The Balaban J connectivity index is 2.32. The van der Waals surface area contributed by atoms with Crippen LogP contribution in [0.2, 0.25) is 10.0 Å². The standard InChI is InChI=1S/C12H10BrCl2N3O2/c1-19-5-11-17-10(16)4-12(18-11)20-9-3-7(14)6(13)2-8(9)15/h2-4H,5H2,1H3,(H2,16,17,18). The summed E-state index contributed by atoms with van der Waals surface area (Å²) in [6.07, 6.45) is 0. The molecule has 0 radical (unpaired) electrons. The first kappa shape index (κ1) is 15.3. The van der Waals surface area contributed by atoms with Gasteiger partial charge in [-0.25, -0.2) is 4.98 Å². The molecule has 2 rings (SSSR count). The molecule has 0 bridgehead atoms. The van der Waals surface area contributed by atoms with Crippen LogP contribution in [-0.2, 0) is 11.3 Å². The van der Waals surface area contributed by atoms with Gasteiger partial charge in [-0.15, -0.1) is 0 Å². The smallest absolute Gasteiger partial charge is 0.224 e. The Morgan fingerprint density at radius 1 is 1.20 bits per heavy atom. The first-order valence-corrected chi connectivity index (χ1v) is 6.99. The van der Waals surface area contributed by atoms with Crippen molar-refractivity contribution in [1.82, 2.24) is 9.97 Å². The van der Waals surface area contributed by atoms with E-state index in [0.717, 1.165) is 0 Å². The number of nitrogens with two attached hydrogens (primary N) is 1. The Morgan fingerprint density at radius 3 is 2.65 bits per heavy atom. The second-order valence-electron chi connectivity index (χ2n) is 3.78. The van der Waals surface area contributed by atoms with Gasteiger partial charge in [0.2, 0.25) is 5.88 Å². The Kier molecular flexibility index (Phi) is 5.04. The summed E-state index contributed by atoms with van der Waals surface area (Å²) >= 11 is 15.4. The summed E-state index contributed by atoms with van der Waals surface area (Å²) in [5.41, 5.74) is 5.68. The minimum absolute atomic E-state index is 0.232. The lowest BCUT2D eigenvalue weighted by molar-refractivity contribution is 0.177. The monoisotopic (exact) mass is 377 g/mol. The van der Waals surface area contributed by atoms with Gasteiger partial charge in [0.05, 0.1) is 10.0 Å². The Labute approximate surface area is 134 Å². The van der Waals surface area contributed by atoms with E-state index in [1.807, 2.05) is 0 Å². The number of anilines is 1. The summed E-state index contributed by atoms with van der Waals surface area (Å²) in [7, 11) is 1.54. The fourth-order valence-electron chi connectivity index (χ4n) is 1.43. The molecule has 2 aromatic rings. The third kappa shape index (κ3) is 3.73. The molecule has 1 aromatic carbocycles. The van der Waals surface area contributed by atoms with Crippen LogP contribution in [0.15, 0.2) is 22.7 Å². The van der Waals surface area contributed by atoms with E-state index in [1.54, 1.807) is 19.2 Å². The van der Waals surface area contributed by atoms with E-state index in [4.69, 9.17) is 38.4 Å². The average molecular weight is 379 g/mol. The lowest BCUT2D eigenvalue weighted by Gasteiger charge is -2.09. The fourth-order valence-corrected chi connectivity index (χ4v) is 2.26. The van der Waals surface area contributed by atoms with Gasteiger partial charge in [0.25, 0.3) is 0 Å². The van der Waals surface area contributed by atoms with Crippen molar-refractivity contribution in [3.8, 4) is 11.6 Å². The van der Waals surface area contributed by atoms with Crippen molar-refractivity contribution in [3.05, 3.63) is 38.5 Å². The van der Waals surface area contributed by atoms with Crippen LogP contribution in [-0.4, -0.2) is 17.1 Å². The molecule has 0 atom stereocenters. The number of rotatable bonds is 4. The van der Waals surface area contributed by atoms with E-state index in [2.05, 4.69) is 25.9 Å². The van der Waals surface area contributed by atoms with E-state index in [9.17, 15) is 0 Å². The molecule has 5 nitrogen and oxygen atoms in total. The zero-order valence-electron chi connectivity index (χ0n) is 10.4. The molecule has 0 saturated heterocycles. The second-order valence-corrected chi connectivity index (χ2v) is 5.45. The highest BCUT2D eigenvalue weighted by atomic mass is 79.9. The molecule has 1 aromatic heterocycles. The molecular formula is C12H10BrCl2N3O2. The van der Waals surface area contributed by atoms with Crippen LogP contribution in [0, 0.1) is 0 Å². The minimum Gasteiger partial charge on any atom is -0.437 e. The van der Waals surface area contributed by atoms with Gasteiger partial charge in [-0.05, 0) is 22.0 Å². The Hall–Kier alpha value is -1.08. The van der Waals surface area contributed by atoms with Crippen LogP contribution < -0.4 is 10.5 Å². The van der Waals surface area contributed by atoms with Gasteiger partial charge in [-0.3, -0.25) is 0 Å². The van der Waals surface area contributed by atoms with Crippen LogP contribution in [0.1, 0.15) is 5.82 Å². The molecule has 20 heavy (non-hydrogen) atoms. The zero-order valence-corrected chi connectivity index (χ0v) is 13.5. The Bertz CT molecular complexity index is 640. The number of hydrogen-bond acceptors (Lipinski definition) is 5. The molecule has 0 spiro atoms. The van der Waals surface area contributed by atoms with Gasteiger partial charge in [-0.1, -0.05) is 23.2 Å². The zero-order chi connectivity index (χ0) is 14.7. The van der Waals surface area contributed by atoms with E-state index in [-0.39, 0.29) is 18.3 Å². The number of nitrogen functional groups attached to an aromatic ring is 1. The van der Waals surface area contributed by atoms with Crippen molar-refractivity contribution < 1.29 is 9.47 Å². The molecule has 2 N–H and O–H groups in total. The van der Waals surface area contributed by atoms with Gasteiger partial charge < -0.3 is 15.2 Å². The average Bonchev–Trinajstić information content (AvgIpc) is 2.35. The van der Waals surface area contributed by atoms with Gasteiger partial charge in [0, 0.05) is 23.7 Å². The SMILES string of the molecule is COCc1nc(N)cc(Oc2cc(Cl)c(Br)cc2Cl)n1. The molecule has 0 aliphatic heterocycles. The molecule has 8 heteroatoms. The van der Waals surface area contributed by atoms with Crippen LogP contribution in [0.25, 0.3) is 0 Å². The van der Waals surface area contributed by atoms with Gasteiger partial charge in [-0.2, -0.15) is 4.98 Å². The highest BCUT2D eigenvalue weighted by molar-refractivity contribution is 9.10. The number of benzene rings is 1. The highest BCUT2D eigenvalue weighted by Gasteiger charge is 2.10. The van der Waals surface area contributed by atoms with Crippen LogP contribution in [0.3, 0.4) is 0 Å². The third-order valence-corrected chi connectivity index (χ3v) is 3.72. The van der Waals surface area contributed by atoms with E-state index in [1.165, 1.54) is 6.07 Å². The predicted molar refractivity (Wildman–Crippen MR) is 81.4 cm³/mol. The molecule has 0 aliphatic carbocycles. The second kappa shape index (κ2) is 6.58. The Morgan fingerprint density at radius 2 is 1.95 bits per heavy atom.